The highest BCUT2D eigenvalue weighted by atomic mass is 32.2. The van der Waals surface area contributed by atoms with Gasteiger partial charge < -0.3 is 0 Å². The van der Waals surface area contributed by atoms with E-state index in [0.29, 0.717) is 0 Å². The van der Waals surface area contributed by atoms with E-state index in [1.54, 1.807) is 11.9 Å². The van der Waals surface area contributed by atoms with Crippen LogP contribution in [0.15, 0.2) is 28.2 Å². The zero-order valence-electron chi connectivity index (χ0n) is 16.3. The first-order chi connectivity index (χ1) is 11.1. The Morgan fingerprint density at radius 1 is 1.09 bits per heavy atom. The molecular formula is C21H39NS. The first-order valence-corrected chi connectivity index (χ1v) is 10.7. The van der Waals surface area contributed by atoms with Crippen molar-refractivity contribution in [3.05, 3.63) is 23.8 Å². The van der Waals surface area contributed by atoms with Crippen LogP contribution in [0.1, 0.15) is 91.9 Å². The molecule has 0 radical (unpaired) electrons. The van der Waals surface area contributed by atoms with Crippen LogP contribution in [-0.2, 0) is 0 Å². The van der Waals surface area contributed by atoms with Crippen LogP contribution in [0.4, 0.5) is 0 Å². The molecule has 134 valence electrons. The highest BCUT2D eigenvalue weighted by Gasteiger charge is 2.10. The van der Waals surface area contributed by atoms with Crippen molar-refractivity contribution >= 4 is 17.7 Å². The number of hydrogen-bond acceptors (Lipinski definition) is 2. The lowest BCUT2D eigenvalue weighted by Gasteiger charge is -2.13. The third-order valence-corrected chi connectivity index (χ3v) is 4.53. The van der Waals surface area contributed by atoms with Crippen molar-refractivity contribution in [2.45, 2.75) is 91.9 Å². The molecule has 0 aromatic heterocycles. The van der Waals surface area contributed by atoms with Crippen LogP contribution < -0.4 is 0 Å². The van der Waals surface area contributed by atoms with E-state index in [0.717, 1.165) is 18.8 Å². The van der Waals surface area contributed by atoms with Crippen LogP contribution >= 0.6 is 11.9 Å². The van der Waals surface area contributed by atoms with Crippen molar-refractivity contribution in [3.63, 3.8) is 0 Å². The first kappa shape index (κ1) is 22.5. The van der Waals surface area contributed by atoms with Gasteiger partial charge in [-0.15, -0.1) is 0 Å². The maximum Gasteiger partial charge on any atom is 0.0767 e. The summed E-state index contributed by atoms with van der Waals surface area (Å²) in [7, 11) is 0. The Hall–Kier alpha value is -0.500. The molecule has 0 saturated heterocycles. The topological polar surface area (TPSA) is 12.4 Å². The standard InChI is InChI=1S/C21H39NS/c1-7-9-10-11-12-16-19(5)21(22-23-6)20(8-2)17-14-13-15-18(3)4/h17-18H,5,7-16H2,1-4,6H3/b20-17+,22-21+. The molecule has 23 heavy (non-hydrogen) atoms. The number of hydrogen-bond donors (Lipinski definition) is 0. The first-order valence-electron chi connectivity index (χ1n) is 9.55. The van der Waals surface area contributed by atoms with Gasteiger partial charge in [0.2, 0.25) is 0 Å². The summed E-state index contributed by atoms with van der Waals surface area (Å²) in [6, 6.07) is 0. The molecule has 0 aromatic rings. The molecule has 0 aromatic carbocycles. The molecule has 0 aliphatic carbocycles. The van der Waals surface area contributed by atoms with Gasteiger partial charge in [0, 0.05) is 6.26 Å². The van der Waals surface area contributed by atoms with E-state index >= 15 is 0 Å². The fourth-order valence-corrected chi connectivity index (χ4v) is 3.14. The van der Waals surface area contributed by atoms with Crippen molar-refractivity contribution in [3.8, 4) is 0 Å². The molecule has 0 aliphatic heterocycles. The molecule has 0 fully saturated rings. The number of rotatable bonds is 14. The van der Waals surface area contributed by atoms with Crippen LogP contribution in [0.3, 0.4) is 0 Å². The summed E-state index contributed by atoms with van der Waals surface area (Å²) in [6.07, 6.45) is 16.9. The maximum absolute atomic E-state index is 4.69. The molecule has 0 N–H and O–H groups in total. The minimum atomic E-state index is 0.797. The average Bonchev–Trinajstić information content (AvgIpc) is 2.52. The van der Waals surface area contributed by atoms with Gasteiger partial charge >= 0.3 is 0 Å². The van der Waals surface area contributed by atoms with Gasteiger partial charge in [-0.05, 0) is 61.1 Å². The SMILES string of the molecule is C=C(CCCCCCC)C(=N\SC)/C(=C/CCCC(C)C)CC. The zero-order chi connectivity index (χ0) is 17.5. The molecule has 1 nitrogen and oxygen atoms in total. The molecular weight excluding hydrogens is 298 g/mol. The van der Waals surface area contributed by atoms with Crippen LogP contribution in [-0.4, -0.2) is 12.0 Å². The molecule has 0 aliphatic rings. The fourth-order valence-electron chi connectivity index (χ4n) is 2.71. The van der Waals surface area contributed by atoms with Crippen molar-refractivity contribution in [1.82, 2.24) is 0 Å². The summed E-state index contributed by atoms with van der Waals surface area (Å²) in [5.41, 5.74) is 3.79. The Morgan fingerprint density at radius 2 is 1.78 bits per heavy atom. The van der Waals surface area contributed by atoms with E-state index in [-0.39, 0.29) is 0 Å². The van der Waals surface area contributed by atoms with E-state index in [9.17, 15) is 0 Å². The smallest absolute Gasteiger partial charge is 0.0767 e. The summed E-state index contributed by atoms with van der Waals surface area (Å²) in [5, 5.41) is 0. The molecule has 0 unspecified atom stereocenters. The number of allylic oxidation sites excluding steroid dienone is 3. The quantitative estimate of drug-likeness (QED) is 0.179. The number of nitrogens with zero attached hydrogens (tertiary/aromatic N) is 1. The summed E-state index contributed by atoms with van der Waals surface area (Å²) in [4.78, 5) is 0. The third-order valence-electron chi connectivity index (χ3n) is 4.16. The van der Waals surface area contributed by atoms with Gasteiger partial charge in [-0.1, -0.05) is 72.5 Å². The van der Waals surface area contributed by atoms with Gasteiger partial charge in [-0.2, -0.15) is 0 Å². The molecule has 0 saturated carbocycles. The molecule has 2 heteroatoms. The minimum absolute atomic E-state index is 0.797. The number of unbranched alkanes of at least 4 members (excludes halogenated alkanes) is 5. The summed E-state index contributed by atoms with van der Waals surface area (Å²) in [5.74, 6) is 0.797. The van der Waals surface area contributed by atoms with Gasteiger partial charge in [0.1, 0.15) is 0 Å². The zero-order valence-corrected chi connectivity index (χ0v) is 17.1. The Balaban J connectivity index is 4.55. The van der Waals surface area contributed by atoms with E-state index in [4.69, 9.17) is 0 Å². The van der Waals surface area contributed by atoms with Gasteiger partial charge in [-0.3, -0.25) is 0 Å². The Bertz CT molecular complexity index is 366. The second-order valence-electron chi connectivity index (χ2n) is 6.80. The van der Waals surface area contributed by atoms with Gasteiger partial charge in [-0.25, -0.2) is 4.40 Å². The van der Waals surface area contributed by atoms with E-state index in [1.807, 2.05) is 6.26 Å². The molecule has 0 bridgehead atoms. The van der Waals surface area contributed by atoms with E-state index in [2.05, 4.69) is 44.7 Å². The minimum Gasteiger partial charge on any atom is -0.216 e. The van der Waals surface area contributed by atoms with Crippen LogP contribution in [0.5, 0.6) is 0 Å². The van der Waals surface area contributed by atoms with E-state index in [1.165, 1.54) is 68.2 Å². The van der Waals surface area contributed by atoms with Gasteiger partial charge in [0.05, 0.1) is 5.71 Å². The molecule has 0 amide bonds. The summed E-state index contributed by atoms with van der Waals surface area (Å²) in [6.45, 7) is 13.4. The molecule has 0 rings (SSSR count). The Morgan fingerprint density at radius 3 is 2.35 bits per heavy atom. The van der Waals surface area contributed by atoms with Crippen molar-refractivity contribution in [2.24, 2.45) is 10.3 Å². The Labute approximate surface area is 150 Å². The van der Waals surface area contributed by atoms with Crippen LogP contribution in [0, 0.1) is 5.92 Å². The van der Waals surface area contributed by atoms with Gasteiger partial charge in [0.15, 0.2) is 0 Å². The van der Waals surface area contributed by atoms with Crippen molar-refractivity contribution < 1.29 is 0 Å². The Kier molecular flexibility index (Phi) is 14.7. The summed E-state index contributed by atoms with van der Waals surface area (Å²) < 4.78 is 4.69. The maximum atomic E-state index is 4.69. The largest absolute Gasteiger partial charge is 0.216 e. The lowest BCUT2D eigenvalue weighted by molar-refractivity contribution is 0.559. The monoisotopic (exact) mass is 337 g/mol. The fraction of sp³-hybridized carbons (Fsp3) is 0.762. The molecule has 0 atom stereocenters. The summed E-state index contributed by atoms with van der Waals surface area (Å²) >= 11 is 1.56. The van der Waals surface area contributed by atoms with Crippen molar-refractivity contribution in [2.75, 3.05) is 6.26 Å². The lowest BCUT2D eigenvalue weighted by Crippen LogP contribution is -2.06. The predicted octanol–water partition coefficient (Wildman–Crippen LogP) is 7.78. The predicted molar refractivity (Wildman–Crippen MR) is 111 cm³/mol. The second-order valence-corrected chi connectivity index (χ2v) is 7.35. The molecule has 0 heterocycles. The van der Waals surface area contributed by atoms with Crippen LogP contribution in [0.2, 0.25) is 0 Å². The van der Waals surface area contributed by atoms with E-state index < -0.39 is 0 Å². The average molecular weight is 338 g/mol. The highest BCUT2D eigenvalue weighted by Crippen LogP contribution is 2.20. The van der Waals surface area contributed by atoms with Crippen molar-refractivity contribution in [1.29, 1.82) is 0 Å². The highest BCUT2D eigenvalue weighted by molar-refractivity contribution is 7.97. The van der Waals surface area contributed by atoms with Gasteiger partial charge in [0.25, 0.3) is 0 Å². The third kappa shape index (κ3) is 11.6. The molecule has 0 spiro atoms. The lowest BCUT2D eigenvalue weighted by atomic mass is 9.95. The normalized spacial score (nSPS) is 13.0. The van der Waals surface area contributed by atoms with Crippen LogP contribution in [0.25, 0.3) is 0 Å². The second kappa shape index (κ2) is 15.1.